The summed E-state index contributed by atoms with van der Waals surface area (Å²) in [4.78, 5) is 2.36. The van der Waals surface area contributed by atoms with Gasteiger partial charge in [-0.05, 0) is 51.4 Å². The Hall–Kier alpha value is -0.820. The van der Waals surface area contributed by atoms with E-state index in [0.717, 1.165) is 0 Å². The molecule has 0 saturated carbocycles. The van der Waals surface area contributed by atoms with E-state index in [1.165, 1.54) is 24.8 Å². The number of nitrogens with zero attached hydrogens (tertiary/aromatic N) is 1. The van der Waals surface area contributed by atoms with Gasteiger partial charge in [-0.15, -0.1) is 0 Å². The van der Waals surface area contributed by atoms with Gasteiger partial charge in [-0.25, -0.2) is 0 Å². The first kappa shape index (κ1) is 9.72. The first-order valence-electron chi connectivity index (χ1n) is 5.36. The van der Waals surface area contributed by atoms with Crippen molar-refractivity contribution >= 4 is 0 Å². The van der Waals surface area contributed by atoms with Crippen LogP contribution in [-0.2, 0) is 12.8 Å². The Morgan fingerprint density at radius 3 is 2.43 bits per heavy atom. The lowest BCUT2D eigenvalue weighted by Crippen LogP contribution is -2.45. The van der Waals surface area contributed by atoms with Crippen molar-refractivity contribution in [2.45, 2.75) is 31.7 Å². The molecule has 1 aromatic rings. The van der Waals surface area contributed by atoms with E-state index in [-0.39, 0.29) is 0 Å². The molecule has 1 aromatic carbocycles. The lowest BCUT2D eigenvalue weighted by atomic mass is 9.78. The summed E-state index contributed by atoms with van der Waals surface area (Å²) >= 11 is 0. The molecule has 1 aliphatic rings. The molecule has 0 fully saturated rings. The summed E-state index contributed by atoms with van der Waals surface area (Å²) < 4.78 is 0. The molecule has 1 unspecified atom stereocenters. The highest BCUT2D eigenvalue weighted by Crippen LogP contribution is 2.31. The molecule has 1 heteroatoms. The van der Waals surface area contributed by atoms with E-state index in [9.17, 15) is 0 Å². The summed E-state index contributed by atoms with van der Waals surface area (Å²) in [5.74, 6) is 0. The zero-order valence-corrected chi connectivity index (χ0v) is 9.38. The Bertz CT molecular complexity index is 330. The van der Waals surface area contributed by atoms with Crippen molar-refractivity contribution in [3.05, 3.63) is 35.4 Å². The van der Waals surface area contributed by atoms with Crippen molar-refractivity contribution < 1.29 is 0 Å². The third-order valence-electron chi connectivity index (χ3n) is 3.70. The fraction of sp³-hybridized carbons (Fsp3) is 0.538. The normalized spacial score (nSPS) is 26.3. The summed E-state index contributed by atoms with van der Waals surface area (Å²) in [6.45, 7) is 2.36. The average Bonchev–Trinajstić information content (AvgIpc) is 2.17. The fourth-order valence-electron chi connectivity index (χ4n) is 2.26. The standard InChI is InChI=1S/C13H19N/c1-13(14(2)3)9-8-11-6-4-5-7-12(11)10-13/h4-7H,8-10H2,1-3H3. The first-order chi connectivity index (χ1) is 6.62. The highest BCUT2D eigenvalue weighted by Gasteiger charge is 2.31. The molecule has 1 atom stereocenters. The zero-order valence-electron chi connectivity index (χ0n) is 9.38. The maximum Gasteiger partial charge on any atom is 0.0218 e. The van der Waals surface area contributed by atoms with Gasteiger partial charge in [0.05, 0.1) is 0 Å². The summed E-state index contributed by atoms with van der Waals surface area (Å²) in [7, 11) is 4.38. The van der Waals surface area contributed by atoms with Crippen LogP contribution in [0.25, 0.3) is 0 Å². The first-order valence-corrected chi connectivity index (χ1v) is 5.36. The van der Waals surface area contributed by atoms with Crippen LogP contribution in [0.1, 0.15) is 24.5 Å². The quantitative estimate of drug-likeness (QED) is 0.656. The predicted molar refractivity (Wildman–Crippen MR) is 60.6 cm³/mol. The Kier molecular flexibility index (Phi) is 2.36. The molecular weight excluding hydrogens is 170 g/mol. The summed E-state index contributed by atoms with van der Waals surface area (Å²) in [6, 6.07) is 8.85. The third kappa shape index (κ3) is 1.57. The van der Waals surface area contributed by atoms with E-state index in [4.69, 9.17) is 0 Å². The van der Waals surface area contributed by atoms with Gasteiger partial charge in [0, 0.05) is 5.54 Å². The highest BCUT2D eigenvalue weighted by atomic mass is 15.1. The molecule has 1 nitrogen and oxygen atoms in total. The van der Waals surface area contributed by atoms with E-state index in [1.54, 1.807) is 5.56 Å². The molecule has 0 saturated heterocycles. The van der Waals surface area contributed by atoms with Gasteiger partial charge < -0.3 is 4.90 Å². The molecule has 2 rings (SSSR count). The van der Waals surface area contributed by atoms with Crippen molar-refractivity contribution in [3.8, 4) is 0 Å². The Morgan fingerprint density at radius 1 is 1.14 bits per heavy atom. The number of aryl methyl sites for hydroxylation is 1. The number of fused-ring (bicyclic) bond motifs is 1. The number of likely N-dealkylation sites (N-methyl/N-ethyl adjacent to an activating group) is 1. The molecule has 0 aliphatic heterocycles. The van der Waals surface area contributed by atoms with Crippen LogP contribution < -0.4 is 0 Å². The van der Waals surface area contributed by atoms with E-state index >= 15 is 0 Å². The van der Waals surface area contributed by atoms with E-state index < -0.39 is 0 Å². The van der Waals surface area contributed by atoms with Crippen molar-refractivity contribution in [1.82, 2.24) is 4.90 Å². The third-order valence-corrected chi connectivity index (χ3v) is 3.70. The number of hydrogen-bond acceptors (Lipinski definition) is 1. The van der Waals surface area contributed by atoms with Crippen LogP contribution in [0, 0.1) is 0 Å². The number of hydrogen-bond donors (Lipinski definition) is 0. The van der Waals surface area contributed by atoms with Gasteiger partial charge in [0.2, 0.25) is 0 Å². The molecule has 0 heterocycles. The summed E-state index contributed by atoms with van der Waals surface area (Å²) in [5.41, 5.74) is 3.44. The molecule has 14 heavy (non-hydrogen) atoms. The van der Waals surface area contributed by atoms with E-state index in [2.05, 4.69) is 50.2 Å². The second-order valence-corrected chi connectivity index (χ2v) is 4.84. The molecule has 0 N–H and O–H groups in total. The van der Waals surface area contributed by atoms with Crippen LogP contribution in [0.4, 0.5) is 0 Å². The van der Waals surface area contributed by atoms with Gasteiger partial charge in [0.15, 0.2) is 0 Å². The molecule has 0 spiro atoms. The predicted octanol–water partition coefficient (Wildman–Crippen LogP) is 2.50. The fourth-order valence-corrected chi connectivity index (χ4v) is 2.26. The second kappa shape index (κ2) is 3.39. The van der Waals surface area contributed by atoms with Gasteiger partial charge in [0.1, 0.15) is 0 Å². The smallest absolute Gasteiger partial charge is 0.0218 e. The van der Waals surface area contributed by atoms with Gasteiger partial charge in [-0.2, -0.15) is 0 Å². The van der Waals surface area contributed by atoms with Gasteiger partial charge in [-0.3, -0.25) is 0 Å². The van der Waals surface area contributed by atoms with Crippen molar-refractivity contribution in [3.63, 3.8) is 0 Å². The highest BCUT2D eigenvalue weighted by molar-refractivity contribution is 5.31. The molecule has 1 aliphatic carbocycles. The number of benzene rings is 1. The SMILES string of the molecule is CN(C)C1(C)CCc2ccccc2C1. The lowest BCUT2D eigenvalue weighted by Gasteiger charge is -2.40. The van der Waals surface area contributed by atoms with Gasteiger partial charge >= 0.3 is 0 Å². The maximum atomic E-state index is 2.36. The summed E-state index contributed by atoms with van der Waals surface area (Å²) in [6.07, 6.45) is 3.69. The summed E-state index contributed by atoms with van der Waals surface area (Å²) in [5, 5.41) is 0. The minimum absolute atomic E-state index is 0.356. The van der Waals surface area contributed by atoms with Crippen LogP contribution in [-0.4, -0.2) is 24.5 Å². The van der Waals surface area contributed by atoms with E-state index in [1.807, 2.05) is 0 Å². The van der Waals surface area contributed by atoms with Crippen LogP contribution in [0.15, 0.2) is 24.3 Å². The zero-order chi connectivity index (χ0) is 10.2. The minimum atomic E-state index is 0.356. The molecule has 0 radical (unpaired) electrons. The van der Waals surface area contributed by atoms with Gasteiger partial charge in [-0.1, -0.05) is 24.3 Å². The van der Waals surface area contributed by atoms with Crippen LogP contribution in [0.5, 0.6) is 0 Å². The average molecular weight is 189 g/mol. The van der Waals surface area contributed by atoms with Crippen LogP contribution in [0.3, 0.4) is 0 Å². The minimum Gasteiger partial charge on any atom is -0.304 e. The van der Waals surface area contributed by atoms with Crippen LogP contribution in [0.2, 0.25) is 0 Å². The molecule has 0 bridgehead atoms. The van der Waals surface area contributed by atoms with E-state index in [0.29, 0.717) is 5.54 Å². The second-order valence-electron chi connectivity index (χ2n) is 4.84. The Labute approximate surface area is 86.7 Å². The van der Waals surface area contributed by atoms with Gasteiger partial charge in [0.25, 0.3) is 0 Å². The van der Waals surface area contributed by atoms with Crippen molar-refractivity contribution in [1.29, 1.82) is 0 Å². The topological polar surface area (TPSA) is 3.24 Å². The monoisotopic (exact) mass is 189 g/mol. The lowest BCUT2D eigenvalue weighted by molar-refractivity contribution is 0.152. The maximum absolute atomic E-state index is 2.36. The number of rotatable bonds is 1. The molecule has 0 aromatic heterocycles. The molecular formula is C13H19N. The van der Waals surface area contributed by atoms with Crippen LogP contribution >= 0.6 is 0 Å². The molecule has 76 valence electrons. The largest absolute Gasteiger partial charge is 0.304 e. The van der Waals surface area contributed by atoms with Crippen molar-refractivity contribution in [2.24, 2.45) is 0 Å². The Balaban J connectivity index is 2.29. The van der Waals surface area contributed by atoms with Crippen molar-refractivity contribution in [2.75, 3.05) is 14.1 Å². The molecule has 0 amide bonds. The Morgan fingerprint density at radius 2 is 1.79 bits per heavy atom.